The summed E-state index contributed by atoms with van der Waals surface area (Å²) in [6.07, 6.45) is 4.70. The van der Waals surface area contributed by atoms with Gasteiger partial charge in [-0.3, -0.25) is 4.79 Å². The number of benzene rings is 1. The number of aromatic nitrogens is 1. The quantitative estimate of drug-likeness (QED) is 0.780. The Morgan fingerprint density at radius 1 is 1.39 bits per heavy atom. The molecule has 1 amide bonds. The topological polar surface area (TPSA) is 45.2 Å². The maximum atomic E-state index is 12.0. The molecule has 2 heterocycles. The molecule has 1 N–H and O–H groups in total. The highest BCUT2D eigenvalue weighted by atomic mass is 32.2. The Balaban J connectivity index is 1.39. The fourth-order valence-electron chi connectivity index (χ4n) is 2.76. The third-order valence-electron chi connectivity index (χ3n) is 3.92. The molecule has 1 aliphatic rings. The van der Waals surface area contributed by atoms with Gasteiger partial charge in [0, 0.05) is 47.8 Å². The van der Waals surface area contributed by atoms with Gasteiger partial charge in [-0.2, -0.15) is 0 Å². The van der Waals surface area contributed by atoms with E-state index < -0.39 is 0 Å². The molecule has 0 bridgehead atoms. The standard InChI is InChI=1S/C17H21N3OS2/c21-16(8-11-22-15-6-2-1-3-7-15)19-13-14-5-4-10-20(14)17-18-9-12-23-17/h1-3,6-7,9,12,14H,4-5,8,10-11,13H2,(H,19,21)/t14-/m0/s1. The van der Waals surface area contributed by atoms with Crippen LogP contribution in [0.5, 0.6) is 0 Å². The third-order valence-corrected chi connectivity index (χ3v) is 5.74. The van der Waals surface area contributed by atoms with E-state index in [1.807, 2.05) is 29.8 Å². The molecule has 1 aromatic heterocycles. The number of carbonyl (C=O) groups is 1. The second-order valence-corrected chi connectivity index (χ2v) is 7.56. The maximum absolute atomic E-state index is 12.0. The van der Waals surface area contributed by atoms with Gasteiger partial charge in [0.15, 0.2) is 5.13 Å². The maximum Gasteiger partial charge on any atom is 0.220 e. The predicted molar refractivity (Wildman–Crippen MR) is 97.3 cm³/mol. The van der Waals surface area contributed by atoms with Gasteiger partial charge in [-0.25, -0.2) is 4.98 Å². The zero-order valence-electron chi connectivity index (χ0n) is 13.0. The molecular formula is C17H21N3OS2. The fourth-order valence-corrected chi connectivity index (χ4v) is 4.37. The van der Waals surface area contributed by atoms with Crippen molar-refractivity contribution < 1.29 is 4.79 Å². The number of hydrogen-bond acceptors (Lipinski definition) is 5. The molecule has 0 radical (unpaired) electrons. The summed E-state index contributed by atoms with van der Waals surface area (Å²) in [5.41, 5.74) is 0. The van der Waals surface area contributed by atoms with Crippen LogP contribution in [0.4, 0.5) is 5.13 Å². The lowest BCUT2D eigenvalue weighted by molar-refractivity contribution is -0.120. The van der Waals surface area contributed by atoms with Gasteiger partial charge in [0.05, 0.1) is 0 Å². The minimum absolute atomic E-state index is 0.138. The number of hydrogen-bond donors (Lipinski definition) is 1. The van der Waals surface area contributed by atoms with Crippen LogP contribution in [-0.2, 0) is 4.79 Å². The largest absolute Gasteiger partial charge is 0.354 e. The summed E-state index contributed by atoms with van der Waals surface area (Å²) in [5.74, 6) is 0.955. The van der Waals surface area contributed by atoms with Gasteiger partial charge in [-0.1, -0.05) is 18.2 Å². The number of thioether (sulfide) groups is 1. The van der Waals surface area contributed by atoms with Crippen molar-refractivity contribution >= 4 is 34.1 Å². The van der Waals surface area contributed by atoms with E-state index in [2.05, 4.69) is 27.3 Å². The lowest BCUT2D eigenvalue weighted by atomic mass is 10.2. The SMILES string of the molecule is O=C(CCSc1ccccc1)NC[C@@H]1CCCN1c1nccs1. The smallest absolute Gasteiger partial charge is 0.220 e. The highest BCUT2D eigenvalue weighted by Crippen LogP contribution is 2.26. The van der Waals surface area contributed by atoms with Gasteiger partial charge in [0.1, 0.15) is 0 Å². The Kier molecular flexibility index (Phi) is 5.93. The minimum Gasteiger partial charge on any atom is -0.354 e. The van der Waals surface area contributed by atoms with Crippen LogP contribution >= 0.6 is 23.1 Å². The molecule has 1 atom stereocenters. The van der Waals surface area contributed by atoms with Gasteiger partial charge in [0.2, 0.25) is 5.91 Å². The molecule has 1 fully saturated rings. The first-order valence-corrected chi connectivity index (χ1v) is 9.80. The van der Waals surface area contributed by atoms with Crippen molar-refractivity contribution in [3.8, 4) is 0 Å². The van der Waals surface area contributed by atoms with E-state index in [1.165, 1.54) is 11.3 Å². The number of amides is 1. The molecule has 23 heavy (non-hydrogen) atoms. The number of nitrogens with one attached hydrogen (secondary N) is 1. The van der Waals surface area contributed by atoms with Crippen molar-refractivity contribution in [1.29, 1.82) is 0 Å². The van der Waals surface area contributed by atoms with Crippen molar-refractivity contribution in [2.75, 3.05) is 23.7 Å². The van der Waals surface area contributed by atoms with Crippen LogP contribution < -0.4 is 10.2 Å². The van der Waals surface area contributed by atoms with Crippen molar-refractivity contribution in [2.45, 2.75) is 30.2 Å². The Hall–Kier alpha value is -1.53. The predicted octanol–water partition coefficient (Wildman–Crippen LogP) is 3.41. The van der Waals surface area contributed by atoms with Crippen LogP contribution in [0.3, 0.4) is 0 Å². The van der Waals surface area contributed by atoms with Crippen LogP contribution in [0.25, 0.3) is 0 Å². The summed E-state index contributed by atoms with van der Waals surface area (Å²) in [7, 11) is 0. The Labute approximate surface area is 145 Å². The van der Waals surface area contributed by atoms with Gasteiger partial charge in [-0.05, 0) is 25.0 Å². The molecule has 3 rings (SSSR count). The van der Waals surface area contributed by atoms with Crippen LogP contribution in [0, 0.1) is 0 Å². The number of anilines is 1. The van der Waals surface area contributed by atoms with E-state index in [4.69, 9.17) is 0 Å². The normalized spacial score (nSPS) is 17.4. The molecule has 1 aliphatic heterocycles. The van der Waals surface area contributed by atoms with Crippen molar-refractivity contribution in [3.63, 3.8) is 0 Å². The Morgan fingerprint density at radius 2 is 2.26 bits per heavy atom. The summed E-state index contributed by atoms with van der Waals surface area (Å²) in [6.45, 7) is 1.76. The molecule has 2 aromatic rings. The Morgan fingerprint density at radius 3 is 3.04 bits per heavy atom. The van der Waals surface area contributed by atoms with Crippen LogP contribution in [0.1, 0.15) is 19.3 Å². The van der Waals surface area contributed by atoms with Crippen LogP contribution in [0.2, 0.25) is 0 Å². The summed E-state index contributed by atoms with van der Waals surface area (Å²) in [4.78, 5) is 20.0. The van der Waals surface area contributed by atoms with Crippen LogP contribution in [-0.4, -0.2) is 35.8 Å². The number of nitrogens with zero attached hydrogens (tertiary/aromatic N) is 2. The minimum atomic E-state index is 0.138. The molecule has 122 valence electrons. The van der Waals surface area contributed by atoms with E-state index >= 15 is 0 Å². The van der Waals surface area contributed by atoms with Crippen molar-refractivity contribution in [3.05, 3.63) is 41.9 Å². The number of carbonyl (C=O) groups excluding carboxylic acids is 1. The molecule has 1 saturated heterocycles. The Bertz CT molecular complexity index is 604. The highest BCUT2D eigenvalue weighted by molar-refractivity contribution is 7.99. The summed E-state index contributed by atoms with van der Waals surface area (Å²) in [6, 6.07) is 10.6. The average Bonchev–Trinajstić information content (AvgIpc) is 3.25. The molecule has 1 aromatic carbocycles. The summed E-state index contributed by atoms with van der Waals surface area (Å²) in [5, 5.41) is 6.16. The lowest BCUT2D eigenvalue weighted by Crippen LogP contribution is -2.40. The number of rotatable bonds is 7. The van der Waals surface area contributed by atoms with Gasteiger partial charge in [0.25, 0.3) is 0 Å². The molecule has 0 spiro atoms. The summed E-state index contributed by atoms with van der Waals surface area (Å²) >= 11 is 3.39. The fraction of sp³-hybridized carbons (Fsp3) is 0.412. The molecule has 0 saturated carbocycles. The van der Waals surface area contributed by atoms with Gasteiger partial charge < -0.3 is 10.2 Å². The monoisotopic (exact) mass is 347 g/mol. The first kappa shape index (κ1) is 16.3. The van der Waals surface area contributed by atoms with E-state index in [0.717, 1.165) is 23.8 Å². The van der Waals surface area contributed by atoms with E-state index in [9.17, 15) is 4.79 Å². The van der Waals surface area contributed by atoms with E-state index in [0.29, 0.717) is 19.0 Å². The van der Waals surface area contributed by atoms with Crippen LogP contribution in [0.15, 0.2) is 46.8 Å². The number of thiazole rings is 1. The van der Waals surface area contributed by atoms with E-state index in [1.54, 1.807) is 23.1 Å². The van der Waals surface area contributed by atoms with E-state index in [-0.39, 0.29) is 5.91 Å². The third kappa shape index (κ3) is 4.72. The molecule has 0 unspecified atom stereocenters. The zero-order chi connectivity index (χ0) is 15.9. The van der Waals surface area contributed by atoms with Gasteiger partial charge >= 0.3 is 0 Å². The second-order valence-electron chi connectivity index (χ2n) is 5.52. The molecule has 6 heteroatoms. The van der Waals surface area contributed by atoms with Crippen molar-refractivity contribution in [1.82, 2.24) is 10.3 Å². The second kappa shape index (κ2) is 8.36. The first-order chi connectivity index (χ1) is 11.3. The summed E-state index contributed by atoms with van der Waals surface area (Å²) < 4.78 is 0. The highest BCUT2D eigenvalue weighted by Gasteiger charge is 2.26. The first-order valence-electron chi connectivity index (χ1n) is 7.93. The zero-order valence-corrected chi connectivity index (χ0v) is 14.6. The average molecular weight is 348 g/mol. The molecule has 0 aliphatic carbocycles. The molecular weight excluding hydrogens is 326 g/mol. The van der Waals surface area contributed by atoms with Gasteiger partial charge in [-0.15, -0.1) is 23.1 Å². The molecule has 4 nitrogen and oxygen atoms in total. The lowest BCUT2D eigenvalue weighted by Gasteiger charge is -2.24. The van der Waals surface area contributed by atoms with Crippen molar-refractivity contribution in [2.24, 2.45) is 0 Å².